The van der Waals surface area contributed by atoms with Crippen molar-refractivity contribution in [3.8, 4) is 0 Å². The highest BCUT2D eigenvalue weighted by Crippen LogP contribution is 2.32. The monoisotopic (exact) mass is 390 g/mol. The molecule has 5 rings (SSSR count). The molecule has 0 aliphatic carbocycles. The summed E-state index contributed by atoms with van der Waals surface area (Å²) in [6.45, 7) is 6.29. The first-order valence-electron chi connectivity index (χ1n) is 10.3. The number of amides is 1. The van der Waals surface area contributed by atoms with E-state index in [1.54, 1.807) is 0 Å². The van der Waals surface area contributed by atoms with Gasteiger partial charge in [0.1, 0.15) is 5.69 Å². The molecule has 2 N–H and O–H groups in total. The van der Waals surface area contributed by atoms with Gasteiger partial charge >= 0.3 is 0 Å². The van der Waals surface area contributed by atoms with E-state index in [1.165, 1.54) is 16.8 Å². The van der Waals surface area contributed by atoms with E-state index in [0.717, 1.165) is 50.4 Å². The van der Waals surface area contributed by atoms with Crippen LogP contribution in [-0.4, -0.2) is 55.7 Å². The standard InChI is InChI=1S/C22H26N6O/c1-15-11-20(25-23-15)22(29)28-10-7-17(13-28)21-18-14-27(9-8-19(18)24-26-21)12-16-5-3-2-4-6-16/h2-6,11,17H,7-10,12-14H2,1H3,(H,23,25)(H,24,26). The van der Waals surface area contributed by atoms with Crippen LogP contribution in [0.3, 0.4) is 0 Å². The first-order valence-corrected chi connectivity index (χ1v) is 10.3. The number of carbonyl (C=O) groups excluding carboxylic acids is 1. The van der Waals surface area contributed by atoms with Gasteiger partial charge in [-0.05, 0) is 25.0 Å². The van der Waals surface area contributed by atoms with Gasteiger partial charge < -0.3 is 4.90 Å². The molecule has 150 valence electrons. The molecule has 7 nitrogen and oxygen atoms in total. The molecule has 0 saturated carbocycles. The molecular formula is C22H26N6O. The Morgan fingerprint density at radius 3 is 2.83 bits per heavy atom. The minimum absolute atomic E-state index is 0.00644. The second-order valence-electron chi connectivity index (χ2n) is 8.19. The number of rotatable bonds is 4. The van der Waals surface area contributed by atoms with Gasteiger partial charge in [0.2, 0.25) is 0 Å². The number of nitrogens with one attached hydrogen (secondary N) is 2. The number of benzene rings is 1. The highest BCUT2D eigenvalue weighted by molar-refractivity contribution is 5.92. The Kier molecular flexibility index (Phi) is 4.67. The summed E-state index contributed by atoms with van der Waals surface area (Å²) in [6, 6.07) is 12.4. The Bertz CT molecular complexity index is 1010. The van der Waals surface area contributed by atoms with Crippen molar-refractivity contribution in [3.05, 3.63) is 70.3 Å². The third-order valence-corrected chi connectivity index (χ3v) is 6.08. The van der Waals surface area contributed by atoms with Crippen LogP contribution in [-0.2, 0) is 19.5 Å². The van der Waals surface area contributed by atoms with Crippen LogP contribution in [0.15, 0.2) is 36.4 Å². The number of hydrogen-bond donors (Lipinski definition) is 2. The number of aryl methyl sites for hydroxylation is 1. The van der Waals surface area contributed by atoms with Crippen LogP contribution >= 0.6 is 0 Å². The fourth-order valence-corrected chi connectivity index (χ4v) is 4.54. The van der Waals surface area contributed by atoms with E-state index < -0.39 is 0 Å². The van der Waals surface area contributed by atoms with Gasteiger partial charge in [0, 0.05) is 62.0 Å². The molecule has 0 spiro atoms. The summed E-state index contributed by atoms with van der Waals surface area (Å²) in [4.78, 5) is 17.1. The van der Waals surface area contributed by atoms with Crippen molar-refractivity contribution in [2.45, 2.75) is 38.8 Å². The van der Waals surface area contributed by atoms with E-state index in [4.69, 9.17) is 0 Å². The minimum atomic E-state index is 0.00644. The molecule has 2 aliphatic heterocycles. The lowest BCUT2D eigenvalue weighted by molar-refractivity contribution is 0.0784. The Morgan fingerprint density at radius 2 is 2.03 bits per heavy atom. The summed E-state index contributed by atoms with van der Waals surface area (Å²) >= 11 is 0. The zero-order valence-electron chi connectivity index (χ0n) is 16.7. The van der Waals surface area contributed by atoms with Crippen LogP contribution in [0, 0.1) is 6.92 Å². The second kappa shape index (κ2) is 7.48. The number of nitrogens with zero attached hydrogens (tertiary/aromatic N) is 4. The van der Waals surface area contributed by atoms with E-state index >= 15 is 0 Å². The van der Waals surface area contributed by atoms with E-state index in [9.17, 15) is 4.79 Å². The molecular weight excluding hydrogens is 364 g/mol. The highest BCUT2D eigenvalue weighted by Gasteiger charge is 2.33. The number of likely N-dealkylation sites (tertiary alicyclic amines) is 1. The molecule has 3 aromatic rings. The van der Waals surface area contributed by atoms with Gasteiger partial charge in [-0.25, -0.2) is 0 Å². The van der Waals surface area contributed by atoms with Crippen LogP contribution in [0.25, 0.3) is 0 Å². The van der Waals surface area contributed by atoms with E-state index in [-0.39, 0.29) is 11.8 Å². The Labute approximate surface area is 170 Å². The molecule has 0 radical (unpaired) electrons. The number of aromatic nitrogens is 4. The lowest BCUT2D eigenvalue weighted by Crippen LogP contribution is -2.31. The summed E-state index contributed by atoms with van der Waals surface area (Å²) in [5, 5.41) is 14.9. The summed E-state index contributed by atoms with van der Waals surface area (Å²) < 4.78 is 0. The van der Waals surface area contributed by atoms with Crippen molar-refractivity contribution in [2.24, 2.45) is 0 Å². The van der Waals surface area contributed by atoms with Gasteiger partial charge in [-0.2, -0.15) is 10.2 Å². The number of hydrogen-bond acceptors (Lipinski definition) is 4. The summed E-state index contributed by atoms with van der Waals surface area (Å²) in [6.07, 6.45) is 1.95. The summed E-state index contributed by atoms with van der Waals surface area (Å²) in [5.74, 6) is 0.294. The number of carbonyl (C=O) groups is 1. The molecule has 29 heavy (non-hydrogen) atoms. The number of aromatic amines is 2. The van der Waals surface area contributed by atoms with Crippen molar-refractivity contribution >= 4 is 5.91 Å². The van der Waals surface area contributed by atoms with Crippen LogP contribution in [0.2, 0.25) is 0 Å². The van der Waals surface area contributed by atoms with Crippen molar-refractivity contribution in [3.63, 3.8) is 0 Å². The maximum atomic E-state index is 12.7. The number of fused-ring (bicyclic) bond motifs is 1. The van der Waals surface area contributed by atoms with Gasteiger partial charge in [-0.1, -0.05) is 30.3 Å². The maximum absolute atomic E-state index is 12.7. The largest absolute Gasteiger partial charge is 0.337 e. The van der Waals surface area contributed by atoms with Gasteiger partial charge in [0.15, 0.2) is 0 Å². The summed E-state index contributed by atoms with van der Waals surface area (Å²) in [7, 11) is 0. The second-order valence-corrected chi connectivity index (χ2v) is 8.19. The summed E-state index contributed by atoms with van der Waals surface area (Å²) in [5.41, 5.74) is 6.49. The smallest absolute Gasteiger partial charge is 0.274 e. The normalized spacial score (nSPS) is 19.5. The molecule has 1 saturated heterocycles. The van der Waals surface area contributed by atoms with Crippen molar-refractivity contribution in [1.82, 2.24) is 30.2 Å². The van der Waals surface area contributed by atoms with E-state index in [1.807, 2.05) is 17.9 Å². The van der Waals surface area contributed by atoms with Crippen LogP contribution in [0.4, 0.5) is 0 Å². The molecule has 2 aliphatic rings. The van der Waals surface area contributed by atoms with E-state index in [0.29, 0.717) is 12.2 Å². The molecule has 1 atom stereocenters. The fourth-order valence-electron chi connectivity index (χ4n) is 4.54. The minimum Gasteiger partial charge on any atom is -0.337 e. The molecule has 7 heteroatoms. The molecule has 0 bridgehead atoms. The molecule has 4 heterocycles. The van der Waals surface area contributed by atoms with Gasteiger partial charge in [-0.15, -0.1) is 0 Å². The molecule has 2 aromatic heterocycles. The fraction of sp³-hybridized carbons (Fsp3) is 0.409. The number of H-pyrrole nitrogens is 2. The first kappa shape index (κ1) is 18.1. The van der Waals surface area contributed by atoms with Gasteiger partial charge in [0.05, 0.1) is 5.69 Å². The van der Waals surface area contributed by atoms with E-state index in [2.05, 4.69) is 55.6 Å². The Balaban J connectivity index is 1.29. The van der Waals surface area contributed by atoms with Crippen molar-refractivity contribution < 1.29 is 4.79 Å². The van der Waals surface area contributed by atoms with Crippen LogP contribution < -0.4 is 0 Å². The lowest BCUT2D eigenvalue weighted by Gasteiger charge is -2.27. The average molecular weight is 390 g/mol. The Hall–Kier alpha value is -2.93. The molecule has 1 fully saturated rings. The quantitative estimate of drug-likeness (QED) is 0.718. The SMILES string of the molecule is Cc1cc(C(=O)N2CCC(c3n[nH]c4c3CN(Cc3ccccc3)CC4)C2)n[nH]1. The van der Waals surface area contributed by atoms with Gasteiger partial charge in [0.25, 0.3) is 5.91 Å². The Morgan fingerprint density at radius 1 is 1.17 bits per heavy atom. The van der Waals surface area contributed by atoms with Crippen LogP contribution in [0.1, 0.15) is 51.0 Å². The average Bonchev–Trinajstić information content (AvgIpc) is 3.47. The lowest BCUT2D eigenvalue weighted by atomic mass is 9.96. The molecule has 1 unspecified atom stereocenters. The highest BCUT2D eigenvalue weighted by atomic mass is 16.2. The zero-order chi connectivity index (χ0) is 19.8. The first-order chi connectivity index (χ1) is 14.2. The molecule has 1 amide bonds. The predicted molar refractivity (Wildman–Crippen MR) is 109 cm³/mol. The van der Waals surface area contributed by atoms with Crippen molar-refractivity contribution in [2.75, 3.05) is 19.6 Å². The zero-order valence-corrected chi connectivity index (χ0v) is 16.7. The third-order valence-electron chi connectivity index (χ3n) is 6.08. The van der Waals surface area contributed by atoms with Gasteiger partial charge in [-0.3, -0.25) is 19.9 Å². The third kappa shape index (κ3) is 3.58. The predicted octanol–water partition coefficient (Wildman–Crippen LogP) is 2.63. The van der Waals surface area contributed by atoms with Crippen molar-refractivity contribution in [1.29, 1.82) is 0 Å². The maximum Gasteiger partial charge on any atom is 0.274 e. The van der Waals surface area contributed by atoms with Crippen LogP contribution in [0.5, 0.6) is 0 Å². The molecule has 1 aromatic carbocycles. The topological polar surface area (TPSA) is 80.9 Å².